The number of carbonyl (C=O) groups excluding carboxylic acids is 1. The number of halogens is 3. The minimum absolute atomic E-state index is 0.0751. The quantitative estimate of drug-likeness (QED) is 0.285. The van der Waals surface area contributed by atoms with E-state index in [1.807, 2.05) is 12.2 Å². The Morgan fingerprint density at radius 2 is 1.83 bits per heavy atom. The molecule has 1 saturated heterocycles. The third-order valence-electron chi connectivity index (χ3n) is 11.1. The second kappa shape index (κ2) is 13.1. The van der Waals surface area contributed by atoms with Crippen molar-refractivity contribution < 1.29 is 18.0 Å². The van der Waals surface area contributed by atoms with Crippen LogP contribution in [-0.2, 0) is 4.79 Å². The molecule has 0 aromatic carbocycles. The number of amides is 1. The molecule has 1 heterocycles. The molecule has 1 aliphatic heterocycles. The Morgan fingerprint density at radius 1 is 1.00 bits per heavy atom. The molecule has 42 heavy (non-hydrogen) atoms. The molecule has 5 N–H and O–H groups in total. The fourth-order valence-corrected chi connectivity index (χ4v) is 8.63. The molecule has 0 radical (unpaired) electrons. The van der Waals surface area contributed by atoms with Crippen molar-refractivity contribution in [2.45, 2.75) is 113 Å². The largest absolute Gasteiger partial charge is 0.405 e. The first-order valence-electron chi connectivity index (χ1n) is 16.6. The predicted octanol–water partition coefficient (Wildman–Crippen LogP) is 4.99. The van der Waals surface area contributed by atoms with E-state index < -0.39 is 18.3 Å². The van der Waals surface area contributed by atoms with Gasteiger partial charge in [0, 0.05) is 18.1 Å². The van der Waals surface area contributed by atoms with Gasteiger partial charge in [-0.3, -0.25) is 4.79 Å². The average Bonchev–Trinajstić information content (AvgIpc) is 3.70. The van der Waals surface area contributed by atoms with E-state index in [-0.39, 0.29) is 30.3 Å². The second-order valence-electron chi connectivity index (χ2n) is 14.0. The molecule has 5 aliphatic carbocycles. The van der Waals surface area contributed by atoms with E-state index in [2.05, 4.69) is 40.4 Å². The van der Waals surface area contributed by atoms with E-state index in [1.54, 1.807) is 5.01 Å². The molecule has 0 aromatic rings. The second-order valence-corrected chi connectivity index (χ2v) is 14.0. The number of hydrazine groups is 1. The van der Waals surface area contributed by atoms with Crippen molar-refractivity contribution >= 4 is 5.91 Å². The summed E-state index contributed by atoms with van der Waals surface area (Å²) in [5, 5.41) is 8.84. The molecule has 10 atom stereocenters. The Morgan fingerprint density at radius 3 is 2.62 bits per heavy atom. The van der Waals surface area contributed by atoms with E-state index in [4.69, 9.17) is 5.73 Å². The first-order valence-corrected chi connectivity index (χ1v) is 16.6. The summed E-state index contributed by atoms with van der Waals surface area (Å²) in [5.74, 6) is 2.89. The number of hydrogen-bond acceptors (Lipinski definition) is 5. The van der Waals surface area contributed by atoms with E-state index in [1.165, 1.54) is 44.9 Å². The van der Waals surface area contributed by atoms with Gasteiger partial charge in [0.25, 0.3) is 0 Å². The standard InChI is InChI=1S/C33H50F3N5O/c34-33(35,36)30-18-29(41(40-30)26-11-3-6-22(16-26)19-37)32(42)39-25-10-4-9-24(17-25)31(38-20-21-14-15-21)28-13-5-8-23-7-1-2-12-27(23)28/h2-4,6,9,12,21-31,38,40H,1,5,7-8,10-11,13-20,37H2,(H,39,42). The zero-order chi connectivity index (χ0) is 29.3. The lowest BCUT2D eigenvalue weighted by molar-refractivity contribution is -0.158. The van der Waals surface area contributed by atoms with Crippen molar-refractivity contribution in [2.24, 2.45) is 41.2 Å². The third kappa shape index (κ3) is 7.00. The van der Waals surface area contributed by atoms with Crippen LogP contribution in [0.5, 0.6) is 0 Å². The molecule has 2 saturated carbocycles. The Hall–Kier alpha value is -1.68. The molecule has 0 aromatic heterocycles. The van der Waals surface area contributed by atoms with Crippen molar-refractivity contribution in [2.75, 3.05) is 13.1 Å². The van der Waals surface area contributed by atoms with Crippen molar-refractivity contribution in [3.8, 4) is 0 Å². The lowest BCUT2D eigenvalue weighted by Gasteiger charge is -2.46. The number of allylic oxidation sites excluding steroid dienone is 2. The predicted molar refractivity (Wildman–Crippen MR) is 159 cm³/mol. The highest BCUT2D eigenvalue weighted by Crippen LogP contribution is 2.45. The molecule has 6 rings (SSSR count). The van der Waals surface area contributed by atoms with Crippen molar-refractivity contribution in [3.63, 3.8) is 0 Å². The molecule has 9 heteroatoms. The summed E-state index contributed by atoms with van der Waals surface area (Å²) in [6.45, 7) is 1.51. The Kier molecular flexibility index (Phi) is 9.49. The number of alkyl halides is 3. The molecule has 1 amide bonds. The summed E-state index contributed by atoms with van der Waals surface area (Å²) in [6, 6.07) is -2.48. The molecule has 0 spiro atoms. The SMILES string of the molecule is NCC1C=CCC(N2NC(C(F)(F)F)CC2C(=O)NC2CC=CC(C(NCC3CC3)C3CCCC4CCC=CC43)C2)C1. The van der Waals surface area contributed by atoms with Crippen molar-refractivity contribution in [1.29, 1.82) is 0 Å². The first-order chi connectivity index (χ1) is 20.3. The Bertz CT molecular complexity index is 1030. The Balaban J connectivity index is 1.14. The van der Waals surface area contributed by atoms with Crippen LogP contribution in [0.1, 0.15) is 77.0 Å². The van der Waals surface area contributed by atoms with Gasteiger partial charge in [-0.05, 0) is 119 Å². The minimum atomic E-state index is -4.41. The monoisotopic (exact) mass is 589 g/mol. The lowest BCUT2D eigenvalue weighted by atomic mass is 9.63. The van der Waals surface area contributed by atoms with Crippen LogP contribution >= 0.6 is 0 Å². The van der Waals surface area contributed by atoms with E-state index in [9.17, 15) is 18.0 Å². The summed E-state index contributed by atoms with van der Waals surface area (Å²) in [6.07, 6.45) is 20.5. The third-order valence-corrected chi connectivity index (χ3v) is 11.1. The highest BCUT2D eigenvalue weighted by molar-refractivity contribution is 5.82. The first kappa shape index (κ1) is 30.4. The molecule has 6 nitrogen and oxygen atoms in total. The van der Waals surface area contributed by atoms with Gasteiger partial charge >= 0.3 is 6.18 Å². The molecule has 6 aliphatic rings. The molecular formula is C33H50F3N5O. The van der Waals surface area contributed by atoms with Crippen LogP contribution in [0.2, 0.25) is 0 Å². The number of fused-ring (bicyclic) bond motifs is 1. The molecule has 0 bridgehead atoms. The summed E-state index contributed by atoms with van der Waals surface area (Å²) < 4.78 is 41.5. The number of nitrogens with two attached hydrogens (primary N) is 1. The molecule has 234 valence electrons. The van der Waals surface area contributed by atoms with Gasteiger partial charge in [-0.25, -0.2) is 10.4 Å². The van der Waals surface area contributed by atoms with E-state index in [0.29, 0.717) is 43.2 Å². The van der Waals surface area contributed by atoms with Gasteiger partial charge in [-0.1, -0.05) is 42.9 Å². The van der Waals surface area contributed by atoms with Crippen LogP contribution in [0.4, 0.5) is 13.2 Å². The molecular weight excluding hydrogens is 539 g/mol. The minimum Gasteiger partial charge on any atom is -0.352 e. The van der Waals surface area contributed by atoms with Crippen LogP contribution in [0.25, 0.3) is 0 Å². The molecule has 10 unspecified atom stereocenters. The van der Waals surface area contributed by atoms with Crippen LogP contribution in [0.15, 0.2) is 36.5 Å². The molecule has 3 fully saturated rings. The highest BCUT2D eigenvalue weighted by atomic mass is 19.4. The maximum atomic E-state index is 13.8. The zero-order valence-electron chi connectivity index (χ0n) is 24.8. The fraction of sp³-hybridized carbons (Fsp3) is 0.788. The van der Waals surface area contributed by atoms with Crippen LogP contribution in [0, 0.1) is 35.5 Å². The summed E-state index contributed by atoms with van der Waals surface area (Å²) in [7, 11) is 0. The van der Waals surface area contributed by atoms with E-state index in [0.717, 1.165) is 31.2 Å². The number of rotatable bonds is 9. The Labute approximate surface area is 249 Å². The number of nitrogens with one attached hydrogen (secondary N) is 3. The van der Waals surface area contributed by atoms with Crippen molar-refractivity contribution in [3.05, 3.63) is 36.5 Å². The van der Waals surface area contributed by atoms with Crippen molar-refractivity contribution in [1.82, 2.24) is 21.1 Å². The van der Waals surface area contributed by atoms with Gasteiger partial charge < -0.3 is 16.4 Å². The van der Waals surface area contributed by atoms with Crippen LogP contribution in [-0.4, -0.2) is 60.4 Å². The zero-order valence-corrected chi connectivity index (χ0v) is 24.8. The summed E-state index contributed by atoms with van der Waals surface area (Å²) in [4.78, 5) is 13.7. The maximum absolute atomic E-state index is 13.8. The average molecular weight is 590 g/mol. The van der Waals surface area contributed by atoms with Crippen LogP contribution in [0.3, 0.4) is 0 Å². The summed E-state index contributed by atoms with van der Waals surface area (Å²) >= 11 is 0. The normalized spacial score (nSPS) is 39.7. The lowest BCUT2D eigenvalue weighted by Crippen LogP contribution is -2.56. The number of nitrogens with zero attached hydrogens (tertiary/aromatic N) is 1. The van der Waals surface area contributed by atoms with Crippen LogP contribution < -0.4 is 21.8 Å². The fourth-order valence-electron chi connectivity index (χ4n) is 8.63. The van der Waals surface area contributed by atoms with Gasteiger partial charge in [0.2, 0.25) is 5.91 Å². The number of carbonyl (C=O) groups is 1. The summed E-state index contributed by atoms with van der Waals surface area (Å²) in [5.41, 5.74) is 8.57. The number of hydrogen-bond donors (Lipinski definition) is 4. The smallest absolute Gasteiger partial charge is 0.352 e. The van der Waals surface area contributed by atoms with E-state index >= 15 is 0 Å². The highest BCUT2D eigenvalue weighted by Gasteiger charge is 2.51. The van der Waals surface area contributed by atoms with Gasteiger partial charge in [0.05, 0.1) is 0 Å². The van der Waals surface area contributed by atoms with Gasteiger partial charge in [0.1, 0.15) is 12.1 Å². The van der Waals surface area contributed by atoms with Gasteiger partial charge in [-0.15, -0.1) is 0 Å². The van der Waals surface area contributed by atoms with Gasteiger partial charge in [-0.2, -0.15) is 13.2 Å². The topological polar surface area (TPSA) is 82.4 Å². The maximum Gasteiger partial charge on any atom is 0.405 e. The van der Waals surface area contributed by atoms with Gasteiger partial charge in [0.15, 0.2) is 0 Å².